The van der Waals surface area contributed by atoms with Crippen LogP contribution in [0, 0.1) is 13.8 Å². The number of benzene rings is 1. The maximum Gasteiger partial charge on any atom is 0.262 e. The number of fused-ring (bicyclic) bond motifs is 1. The van der Waals surface area contributed by atoms with Crippen LogP contribution in [0.1, 0.15) is 34.7 Å². The number of aromatic nitrogens is 2. The summed E-state index contributed by atoms with van der Waals surface area (Å²) < 4.78 is 1.68. The van der Waals surface area contributed by atoms with E-state index in [1.54, 1.807) is 4.57 Å². The van der Waals surface area contributed by atoms with E-state index in [9.17, 15) is 9.59 Å². The van der Waals surface area contributed by atoms with Crippen LogP contribution in [-0.2, 0) is 17.8 Å². The Morgan fingerprint density at radius 2 is 1.96 bits per heavy atom. The molecule has 0 aliphatic rings. The van der Waals surface area contributed by atoms with Gasteiger partial charge in [-0.1, -0.05) is 23.7 Å². The van der Waals surface area contributed by atoms with Crippen LogP contribution in [0.2, 0.25) is 5.02 Å². The van der Waals surface area contributed by atoms with E-state index in [0.29, 0.717) is 35.6 Å². The smallest absolute Gasteiger partial charge is 0.262 e. The first-order valence-electron chi connectivity index (χ1n) is 8.39. The monoisotopic (exact) mass is 389 g/mol. The van der Waals surface area contributed by atoms with Crippen LogP contribution < -0.4 is 11.3 Å². The van der Waals surface area contributed by atoms with Gasteiger partial charge in [0.05, 0.1) is 5.39 Å². The summed E-state index contributed by atoms with van der Waals surface area (Å²) in [5.74, 6) is 0.324. The van der Waals surface area contributed by atoms with Crippen LogP contribution in [0.4, 0.5) is 0 Å². The molecule has 0 bridgehead atoms. The number of halogens is 1. The molecule has 0 spiro atoms. The third kappa shape index (κ3) is 3.81. The zero-order valence-electron chi connectivity index (χ0n) is 14.7. The number of primary amides is 1. The standard InChI is InChI=1S/C19H20ClN3O2S/c1-11-12(2)26-18-17(11)19(25)23(9-3-4-15(21)24)16(22-18)10-13-5-7-14(20)8-6-13/h5-8H,3-4,9-10H2,1-2H3,(H2,21,24). The van der Waals surface area contributed by atoms with Crippen LogP contribution in [0.3, 0.4) is 0 Å². The average Bonchev–Trinajstić information content (AvgIpc) is 2.86. The van der Waals surface area contributed by atoms with E-state index in [2.05, 4.69) is 0 Å². The van der Waals surface area contributed by atoms with Gasteiger partial charge in [-0.25, -0.2) is 4.98 Å². The lowest BCUT2D eigenvalue weighted by atomic mass is 10.1. The van der Waals surface area contributed by atoms with Gasteiger partial charge in [0.2, 0.25) is 5.91 Å². The van der Waals surface area contributed by atoms with Gasteiger partial charge in [-0.2, -0.15) is 0 Å². The Morgan fingerprint density at radius 1 is 1.27 bits per heavy atom. The Hall–Kier alpha value is -2.18. The fourth-order valence-electron chi connectivity index (χ4n) is 2.93. The molecule has 26 heavy (non-hydrogen) atoms. The predicted molar refractivity (Wildman–Crippen MR) is 106 cm³/mol. The summed E-state index contributed by atoms with van der Waals surface area (Å²) in [7, 11) is 0. The molecule has 0 saturated heterocycles. The number of carbonyl (C=O) groups excluding carboxylic acids is 1. The Kier molecular flexibility index (Phi) is 5.44. The van der Waals surface area contributed by atoms with Gasteiger partial charge < -0.3 is 5.73 Å². The van der Waals surface area contributed by atoms with E-state index >= 15 is 0 Å². The number of nitrogens with two attached hydrogens (primary N) is 1. The summed E-state index contributed by atoms with van der Waals surface area (Å²) in [6.07, 6.45) is 1.28. The lowest BCUT2D eigenvalue weighted by Gasteiger charge is -2.12. The van der Waals surface area contributed by atoms with E-state index in [1.165, 1.54) is 11.3 Å². The molecule has 2 N–H and O–H groups in total. The van der Waals surface area contributed by atoms with Gasteiger partial charge in [0.25, 0.3) is 5.56 Å². The van der Waals surface area contributed by atoms with Crippen molar-refractivity contribution in [3.8, 4) is 0 Å². The molecule has 7 heteroatoms. The second kappa shape index (κ2) is 7.60. The second-order valence-electron chi connectivity index (χ2n) is 6.32. The maximum atomic E-state index is 13.1. The molecule has 3 aromatic rings. The fraction of sp³-hybridized carbons (Fsp3) is 0.316. The molecule has 2 heterocycles. The molecular formula is C19H20ClN3O2S. The first-order chi connectivity index (χ1) is 12.4. The highest BCUT2D eigenvalue weighted by Crippen LogP contribution is 2.27. The van der Waals surface area contributed by atoms with Crippen LogP contribution in [-0.4, -0.2) is 15.5 Å². The number of hydrogen-bond acceptors (Lipinski definition) is 4. The normalized spacial score (nSPS) is 11.2. The highest BCUT2D eigenvalue weighted by atomic mass is 35.5. The summed E-state index contributed by atoms with van der Waals surface area (Å²) >= 11 is 7.49. The van der Waals surface area contributed by atoms with Crippen LogP contribution >= 0.6 is 22.9 Å². The highest BCUT2D eigenvalue weighted by molar-refractivity contribution is 7.18. The molecule has 5 nitrogen and oxygen atoms in total. The van der Waals surface area contributed by atoms with Gasteiger partial charge in [0.1, 0.15) is 10.7 Å². The first-order valence-corrected chi connectivity index (χ1v) is 9.58. The highest BCUT2D eigenvalue weighted by Gasteiger charge is 2.16. The van der Waals surface area contributed by atoms with Crippen LogP contribution in [0.5, 0.6) is 0 Å². The number of nitrogens with zero attached hydrogens (tertiary/aromatic N) is 2. The van der Waals surface area contributed by atoms with Crippen molar-refractivity contribution in [3.05, 3.63) is 61.5 Å². The molecule has 0 radical (unpaired) electrons. The molecule has 0 aliphatic heterocycles. The minimum Gasteiger partial charge on any atom is -0.370 e. The molecule has 2 aromatic heterocycles. The van der Waals surface area contributed by atoms with Crippen molar-refractivity contribution >= 4 is 39.1 Å². The minimum absolute atomic E-state index is 0.0507. The largest absolute Gasteiger partial charge is 0.370 e. The van der Waals surface area contributed by atoms with Crippen LogP contribution in [0.25, 0.3) is 10.2 Å². The van der Waals surface area contributed by atoms with Gasteiger partial charge in [-0.15, -0.1) is 11.3 Å². The van der Waals surface area contributed by atoms with E-state index in [0.717, 1.165) is 20.8 Å². The lowest BCUT2D eigenvalue weighted by molar-refractivity contribution is -0.118. The van der Waals surface area contributed by atoms with Gasteiger partial charge in [0, 0.05) is 29.3 Å². The van der Waals surface area contributed by atoms with Gasteiger partial charge >= 0.3 is 0 Å². The first kappa shape index (κ1) is 18.6. The summed E-state index contributed by atoms with van der Waals surface area (Å²) in [5, 5.41) is 1.34. The number of amides is 1. The number of thiophene rings is 1. The summed E-state index contributed by atoms with van der Waals surface area (Å²) in [5.41, 5.74) is 7.18. The molecule has 1 amide bonds. The Bertz CT molecular complexity index is 1020. The third-order valence-electron chi connectivity index (χ3n) is 4.45. The van der Waals surface area contributed by atoms with Crippen molar-refractivity contribution in [1.82, 2.24) is 9.55 Å². The van der Waals surface area contributed by atoms with Crippen molar-refractivity contribution in [2.75, 3.05) is 0 Å². The van der Waals surface area contributed by atoms with Gasteiger partial charge in [-0.05, 0) is 43.5 Å². The average molecular weight is 390 g/mol. The van der Waals surface area contributed by atoms with E-state index in [-0.39, 0.29) is 17.9 Å². The SMILES string of the molecule is Cc1sc2nc(Cc3ccc(Cl)cc3)n(CCCC(N)=O)c(=O)c2c1C. The van der Waals surface area contributed by atoms with E-state index < -0.39 is 0 Å². The number of hydrogen-bond donors (Lipinski definition) is 1. The van der Waals surface area contributed by atoms with E-state index in [4.69, 9.17) is 22.3 Å². The predicted octanol–water partition coefficient (Wildman–Crippen LogP) is 3.58. The van der Waals surface area contributed by atoms with Crippen LogP contribution in [0.15, 0.2) is 29.1 Å². The molecule has 0 aliphatic carbocycles. The zero-order valence-corrected chi connectivity index (χ0v) is 16.3. The second-order valence-corrected chi connectivity index (χ2v) is 7.96. The summed E-state index contributed by atoms with van der Waals surface area (Å²) in [4.78, 5) is 30.8. The quantitative estimate of drug-likeness (QED) is 0.699. The molecule has 3 rings (SSSR count). The number of aryl methyl sites for hydroxylation is 2. The molecule has 0 atom stereocenters. The van der Waals surface area contributed by atoms with Crippen molar-refractivity contribution in [2.45, 2.75) is 39.7 Å². The molecule has 1 aromatic carbocycles. The van der Waals surface area contributed by atoms with Crippen molar-refractivity contribution in [3.63, 3.8) is 0 Å². The van der Waals surface area contributed by atoms with Gasteiger partial charge in [0.15, 0.2) is 0 Å². The number of rotatable bonds is 6. The lowest BCUT2D eigenvalue weighted by Crippen LogP contribution is -2.26. The van der Waals surface area contributed by atoms with Gasteiger partial charge in [-0.3, -0.25) is 14.2 Å². The Balaban J connectivity index is 2.07. The molecular weight excluding hydrogens is 370 g/mol. The van der Waals surface area contributed by atoms with E-state index in [1.807, 2.05) is 38.1 Å². The van der Waals surface area contributed by atoms with Crippen molar-refractivity contribution in [1.29, 1.82) is 0 Å². The summed E-state index contributed by atoms with van der Waals surface area (Å²) in [6.45, 7) is 4.36. The fourth-order valence-corrected chi connectivity index (χ4v) is 4.10. The number of carbonyl (C=O) groups is 1. The van der Waals surface area contributed by atoms with Crippen molar-refractivity contribution < 1.29 is 4.79 Å². The topological polar surface area (TPSA) is 78.0 Å². The molecule has 0 saturated carbocycles. The maximum absolute atomic E-state index is 13.1. The molecule has 0 unspecified atom stereocenters. The Morgan fingerprint density at radius 3 is 2.62 bits per heavy atom. The minimum atomic E-state index is -0.367. The third-order valence-corrected chi connectivity index (χ3v) is 5.80. The zero-order chi connectivity index (χ0) is 18.8. The Labute approximate surface area is 160 Å². The van der Waals surface area contributed by atoms with Crippen molar-refractivity contribution in [2.24, 2.45) is 5.73 Å². The summed E-state index contributed by atoms with van der Waals surface area (Å²) in [6, 6.07) is 7.50. The molecule has 136 valence electrons. The molecule has 0 fully saturated rings.